The standard InChI is InChI=1S/C18H33N3O2/c1-20(13-17(22)14-9-10-14)18(23)19-15-6-5-11-21(12-15)16-7-3-2-4-8-16/h14-17,22H,2-13H2,1H3,(H,19,23)/t15-,17-/m1/s1. The van der Waals surface area contributed by atoms with E-state index in [1.165, 1.54) is 45.1 Å². The van der Waals surface area contributed by atoms with Gasteiger partial charge in [0.25, 0.3) is 0 Å². The number of carbonyl (C=O) groups is 1. The van der Waals surface area contributed by atoms with Gasteiger partial charge in [0, 0.05) is 32.2 Å². The molecule has 2 saturated carbocycles. The van der Waals surface area contributed by atoms with Crippen LogP contribution < -0.4 is 5.32 Å². The molecule has 2 aliphatic carbocycles. The molecule has 2 N–H and O–H groups in total. The van der Waals surface area contributed by atoms with Gasteiger partial charge in [-0.25, -0.2) is 4.79 Å². The van der Waals surface area contributed by atoms with Crippen LogP contribution in [0, 0.1) is 5.92 Å². The van der Waals surface area contributed by atoms with Gasteiger partial charge in [-0.15, -0.1) is 0 Å². The SMILES string of the molecule is CN(C[C@@H](O)C1CC1)C(=O)N[C@@H]1CCCN(C2CCCCC2)C1. The Bertz CT molecular complexity index is 394. The maximum absolute atomic E-state index is 12.4. The number of carbonyl (C=O) groups excluding carboxylic acids is 1. The van der Waals surface area contributed by atoms with Crippen molar-refractivity contribution in [1.29, 1.82) is 0 Å². The highest BCUT2D eigenvalue weighted by Gasteiger charge is 2.32. The molecule has 0 radical (unpaired) electrons. The normalized spacial score (nSPS) is 28.3. The number of rotatable bonds is 5. The van der Waals surface area contributed by atoms with Gasteiger partial charge in [-0.3, -0.25) is 4.90 Å². The highest BCUT2D eigenvalue weighted by molar-refractivity contribution is 5.74. The molecule has 3 rings (SSSR count). The molecule has 5 heteroatoms. The lowest BCUT2D eigenvalue weighted by molar-refractivity contribution is 0.0991. The third kappa shape index (κ3) is 4.83. The summed E-state index contributed by atoms with van der Waals surface area (Å²) in [6.45, 7) is 2.64. The maximum Gasteiger partial charge on any atom is 0.317 e. The van der Waals surface area contributed by atoms with Crippen LogP contribution in [-0.4, -0.2) is 65.8 Å². The van der Waals surface area contributed by atoms with E-state index in [2.05, 4.69) is 10.2 Å². The summed E-state index contributed by atoms with van der Waals surface area (Å²) < 4.78 is 0. The van der Waals surface area contributed by atoms with Crippen molar-refractivity contribution in [3.63, 3.8) is 0 Å². The van der Waals surface area contributed by atoms with Crippen molar-refractivity contribution in [3.8, 4) is 0 Å². The molecule has 2 atom stereocenters. The van der Waals surface area contributed by atoms with Gasteiger partial charge in [0.1, 0.15) is 0 Å². The van der Waals surface area contributed by atoms with E-state index in [1.54, 1.807) is 11.9 Å². The summed E-state index contributed by atoms with van der Waals surface area (Å²) in [5.74, 6) is 0.418. The van der Waals surface area contributed by atoms with Gasteiger partial charge < -0.3 is 15.3 Å². The van der Waals surface area contributed by atoms with Crippen LogP contribution in [0.4, 0.5) is 4.79 Å². The largest absolute Gasteiger partial charge is 0.391 e. The molecule has 132 valence electrons. The Hall–Kier alpha value is -0.810. The van der Waals surface area contributed by atoms with Crippen LogP contribution in [0.3, 0.4) is 0 Å². The molecule has 0 aromatic heterocycles. The Balaban J connectivity index is 1.43. The quantitative estimate of drug-likeness (QED) is 0.815. The zero-order valence-corrected chi connectivity index (χ0v) is 14.5. The first-order valence-electron chi connectivity index (χ1n) is 9.57. The van der Waals surface area contributed by atoms with Crippen LogP contribution in [0.25, 0.3) is 0 Å². The van der Waals surface area contributed by atoms with Gasteiger partial charge in [-0.1, -0.05) is 19.3 Å². The summed E-state index contributed by atoms with van der Waals surface area (Å²) in [4.78, 5) is 16.6. The predicted molar refractivity (Wildman–Crippen MR) is 91.4 cm³/mol. The first-order chi connectivity index (χ1) is 11.1. The molecule has 1 saturated heterocycles. The molecule has 3 fully saturated rings. The monoisotopic (exact) mass is 323 g/mol. The molecule has 0 aromatic rings. The van der Waals surface area contributed by atoms with Gasteiger partial charge in [0.2, 0.25) is 0 Å². The Morgan fingerprint density at radius 2 is 1.91 bits per heavy atom. The fourth-order valence-corrected chi connectivity index (χ4v) is 4.18. The van der Waals surface area contributed by atoms with Crippen molar-refractivity contribution in [2.75, 3.05) is 26.7 Å². The summed E-state index contributed by atoms with van der Waals surface area (Å²) in [5.41, 5.74) is 0. The lowest BCUT2D eigenvalue weighted by atomic mass is 9.92. The van der Waals surface area contributed by atoms with E-state index < -0.39 is 0 Å². The van der Waals surface area contributed by atoms with Crippen LogP contribution >= 0.6 is 0 Å². The molecule has 1 heterocycles. The molecule has 1 aliphatic heterocycles. The van der Waals surface area contributed by atoms with Crippen LogP contribution in [-0.2, 0) is 0 Å². The Morgan fingerprint density at radius 3 is 2.61 bits per heavy atom. The number of urea groups is 1. The van der Waals surface area contributed by atoms with Crippen molar-refractivity contribution in [3.05, 3.63) is 0 Å². The number of likely N-dealkylation sites (tertiary alicyclic amines) is 1. The van der Waals surface area contributed by atoms with E-state index in [1.807, 2.05) is 0 Å². The van der Waals surface area contributed by atoms with Gasteiger partial charge >= 0.3 is 6.03 Å². The number of likely N-dealkylation sites (N-methyl/N-ethyl adjacent to an activating group) is 1. The second-order valence-corrected chi connectivity index (χ2v) is 7.86. The van der Waals surface area contributed by atoms with Crippen molar-refractivity contribution in [2.24, 2.45) is 5.92 Å². The average Bonchev–Trinajstić information content (AvgIpc) is 3.41. The summed E-state index contributed by atoms with van der Waals surface area (Å²) in [6, 6.07) is 0.969. The van der Waals surface area contributed by atoms with E-state index in [9.17, 15) is 9.90 Å². The lowest BCUT2D eigenvalue weighted by Gasteiger charge is -2.40. The Labute approximate surface area is 140 Å². The molecule has 0 unspecified atom stereocenters. The number of amides is 2. The number of piperidine rings is 1. The number of hydrogen-bond donors (Lipinski definition) is 2. The minimum Gasteiger partial charge on any atom is -0.391 e. The van der Waals surface area contributed by atoms with E-state index in [-0.39, 0.29) is 18.2 Å². The van der Waals surface area contributed by atoms with E-state index in [0.717, 1.165) is 31.8 Å². The topological polar surface area (TPSA) is 55.8 Å². The van der Waals surface area contributed by atoms with E-state index >= 15 is 0 Å². The van der Waals surface area contributed by atoms with Crippen LogP contribution in [0.5, 0.6) is 0 Å². The van der Waals surface area contributed by atoms with Crippen molar-refractivity contribution in [1.82, 2.24) is 15.1 Å². The summed E-state index contributed by atoms with van der Waals surface area (Å²) >= 11 is 0. The van der Waals surface area contributed by atoms with Crippen molar-refractivity contribution < 1.29 is 9.90 Å². The van der Waals surface area contributed by atoms with E-state index in [4.69, 9.17) is 0 Å². The van der Waals surface area contributed by atoms with Gasteiger partial charge in [0.05, 0.1) is 6.10 Å². The first-order valence-corrected chi connectivity index (χ1v) is 9.57. The van der Waals surface area contributed by atoms with Crippen molar-refractivity contribution in [2.45, 2.75) is 76.0 Å². The molecule has 0 aromatic carbocycles. The third-order valence-corrected chi connectivity index (χ3v) is 5.85. The minimum atomic E-state index is -0.351. The highest BCUT2D eigenvalue weighted by atomic mass is 16.3. The zero-order valence-electron chi connectivity index (χ0n) is 14.5. The molecular formula is C18H33N3O2. The number of nitrogens with one attached hydrogen (secondary N) is 1. The third-order valence-electron chi connectivity index (χ3n) is 5.85. The van der Waals surface area contributed by atoms with Crippen molar-refractivity contribution >= 4 is 6.03 Å². The lowest BCUT2D eigenvalue weighted by Crippen LogP contribution is -2.54. The second kappa shape index (κ2) is 7.84. The Kier molecular flexibility index (Phi) is 5.81. The smallest absolute Gasteiger partial charge is 0.317 e. The fourth-order valence-electron chi connectivity index (χ4n) is 4.18. The molecule has 0 bridgehead atoms. The van der Waals surface area contributed by atoms with Crippen LogP contribution in [0.1, 0.15) is 57.8 Å². The first kappa shape index (κ1) is 17.0. The number of hydrogen-bond acceptors (Lipinski definition) is 3. The fraction of sp³-hybridized carbons (Fsp3) is 0.944. The minimum absolute atomic E-state index is 0.0276. The van der Waals surface area contributed by atoms with E-state index in [0.29, 0.717) is 12.5 Å². The average molecular weight is 323 g/mol. The Morgan fingerprint density at radius 1 is 1.17 bits per heavy atom. The molecule has 23 heavy (non-hydrogen) atoms. The number of aliphatic hydroxyl groups is 1. The summed E-state index contributed by atoms with van der Waals surface area (Å²) in [7, 11) is 1.79. The maximum atomic E-state index is 12.4. The highest BCUT2D eigenvalue weighted by Crippen LogP contribution is 2.32. The number of aliphatic hydroxyl groups excluding tert-OH is 1. The summed E-state index contributed by atoms with van der Waals surface area (Å²) in [5, 5.41) is 13.2. The molecule has 3 aliphatic rings. The van der Waals surface area contributed by atoms with Crippen LogP contribution in [0.2, 0.25) is 0 Å². The van der Waals surface area contributed by atoms with Gasteiger partial charge in [0.15, 0.2) is 0 Å². The molecule has 5 nitrogen and oxygen atoms in total. The molecule has 0 spiro atoms. The van der Waals surface area contributed by atoms with Crippen LogP contribution in [0.15, 0.2) is 0 Å². The zero-order chi connectivity index (χ0) is 16.2. The second-order valence-electron chi connectivity index (χ2n) is 7.86. The summed E-state index contributed by atoms with van der Waals surface area (Å²) in [6.07, 6.45) is 10.9. The molecular weight excluding hydrogens is 290 g/mol. The molecule has 2 amide bonds. The predicted octanol–water partition coefficient (Wildman–Crippen LogP) is 2.20. The van der Waals surface area contributed by atoms with Gasteiger partial charge in [-0.05, 0) is 51.0 Å². The van der Waals surface area contributed by atoms with Gasteiger partial charge in [-0.2, -0.15) is 0 Å². The number of nitrogens with zero attached hydrogens (tertiary/aromatic N) is 2.